The molecule has 150 valence electrons. The predicted molar refractivity (Wildman–Crippen MR) is 103 cm³/mol. The van der Waals surface area contributed by atoms with Crippen LogP contribution in [0.1, 0.15) is 46.0 Å². The van der Waals surface area contributed by atoms with Gasteiger partial charge in [0.15, 0.2) is 0 Å². The van der Waals surface area contributed by atoms with Crippen molar-refractivity contribution in [1.82, 2.24) is 20.0 Å². The van der Waals surface area contributed by atoms with Crippen LogP contribution in [-0.4, -0.2) is 83.9 Å². The van der Waals surface area contributed by atoms with E-state index in [1.807, 2.05) is 11.8 Å². The van der Waals surface area contributed by atoms with Crippen molar-refractivity contribution < 1.29 is 9.59 Å². The molecule has 0 aromatic carbocycles. The van der Waals surface area contributed by atoms with E-state index in [1.54, 1.807) is 0 Å². The highest BCUT2D eigenvalue weighted by molar-refractivity contribution is 5.79. The molecule has 3 rings (SSSR count). The van der Waals surface area contributed by atoms with Crippen molar-refractivity contribution in [3.63, 3.8) is 0 Å². The van der Waals surface area contributed by atoms with Crippen LogP contribution in [0.5, 0.6) is 0 Å². The topological polar surface area (TPSA) is 79.7 Å². The predicted octanol–water partition coefficient (Wildman–Crippen LogP) is 0.813. The highest BCUT2D eigenvalue weighted by atomic mass is 16.2. The Morgan fingerprint density at radius 1 is 1.04 bits per heavy atom. The van der Waals surface area contributed by atoms with Crippen LogP contribution >= 0.6 is 0 Å². The second-order valence-electron chi connectivity index (χ2n) is 8.62. The fourth-order valence-corrected chi connectivity index (χ4v) is 4.27. The molecule has 0 aromatic heterocycles. The second-order valence-corrected chi connectivity index (χ2v) is 8.62. The normalized spacial score (nSPS) is 26.9. The maximum absolute atomic E-state index is 12.6. The first-order valence-corrected chi connectivity index (χ1v) is 10.4. The Morgan fingerprint density at radius 2 is 1.67 bits per heavy atom. The number of piperidine rings is 1. The lowest BCUT2D eigenvalue weighted by Crippen LogP contribution is -2.55. The summed E-state index contributed by atoms with van der Waals surface area (Å²) in [5.74, 6) is 0.465. The number of piperazine rings is 1. The van der Waals surface area contributed by atoms with Gasteiger partial charge in [-0.25, -0.2) is 0 Å². The maximum Gasteiger partial charge on any atom is 0.236 e. The molecule has 3 fully saturated rings. The van der Waals surface area contributed by atoms with Gasteiger partial charge in [-0.05, 0) is 51.9 Å². The molecular weight excluding hydrogens is 342 g/mol. The van der Waals surface area contributed by atoms with E-state index in [1.165, 1.54) is 6.42 Å². The van der Waals surface area contributed by atoms with Gasteiger partial charge in [0.25, 0.3) is 0 Å². The average Bonchev–Trinajstić information content (AvgIpc) is 3.49. The highest BCUT2D eigenvalue weighted by Crippen LogP contribution is 2.39. The number of nitrogens with zero attached hydrogens (tertiary/aromatic N) is 4. The monoisotopic (exact) mass is 375 g/mol. The zero-order chi connectivity index (χ0) is 19.4. The Kier molecular flexibility index (Phi) is 6.38. The van der Waals surface area contributed by atoms with E-state index in [9.17, 15) is 14.9 Å². The van der Waals surface area contributed by atoms with Gasteiger partial charge in [-0.15, -0.1) is 0 Å². The minimum atomic E-state index is -0.726. The summed E-state index contributed by atoms with van der Waals surface area (Å²) < 4.78 is 0. The van der Waals surface area contributed by atoms with Gasteiger partial charge in [0.05, 0.1) is 19.2 Å². The van der Waals surface area contributed by atoms with Gasteiger partial charge in [0, 0.05) is 38.8 Å². The molecule has 2 amide bonds. The Balaban J connectivity index is 1.39. The zero-order valence-corrected chi connectivity index (χ0v) is 16.7. The van der Waals surface area contributed by atoms with Gasteiger partial charge >= 0.3 is 0 Å². The maximum atomic E-state index is 12.6. The summed E-state index contributed by atoms with van der Waals surface area (Å²) in [6.07, 6.45) is 5.48. The van der Waals surface area contributed by atoms with Gasteiger partial charge in [-0.3, -0.25) is 19.4 Å². The summed E-state index contributed by atoms with van der Waals surface area (Å²) in [5.41, 5.74) is -0.726. The van der Waals surface area contributed by atoms with Crippen LogP contribution < -0.4 is 5.32 Å². The zero-order valence-electron chi connectivity index (χ0n) is 16.7. The Hall–Kier alpha value is -1.65. The van der Waals surface area contributed by atoms with E-state index < -0.39 is 5.54 Å². The summed E-state index contributed by atoms with van der Waals surface area (Å²) >= 11 is 0. The lowest BCUT2D eigenvalue weighted by Gasteiger charge is -2.38. The van der Waals surface area contributed by atoms with Gasteiger partial charge in [-0.1, -0.05) is 0 Å². The molecule has 1 aliphatic carbocycles. The number of hydrogen-bond donors (Lipinski definition) is 1. The van der Waals surface area contributed by atoms with Crippen LogP contribution in [0.15, 0.2) is 0 Å². The van der Waals surface area contributed by atoms with E-state index in [2.05, 4.69) is 28.1 Å². The van der Waals surface area contributed by atoms with Gasteiger partial charge in [0.2, 0.25) is 11.8 Å². The summed E-state index contributed by atoms with van der Waals surface area (Å²) in [7, 11) is 0. The van der Waals surface area contributed by atoms with Crippen molar-refractivity contribution in [2.75, 3.05) is 45.8 Å². The molecular formula is C20H33N5O2. The van der Waals surface area contributed by atoms with Crippen molar-refractivity contribution in [2.24, 2.45) is 5.92 Å². The van der Waals surface area contributed by atoms with Crippen molar-refractivity contribution in [1.29, 1.82) is 5.26 Å². The molecule has 0 aromatic rings. The fourth-order valence-electron chi connectivity index (χ4n) is 4.27. The van der Waals surface area contributed by atoms with Crippen LogP contribution in [0.2, 0.25) is 0 Å². The lowest BCUT2D eigenvalue weighted by atomic mass is 9.98. The highest BCUT2D eigenvalue weighted by Gasteiger charge is 2.43. The van der Waals surface area contributed by atoms with Crippen molar-refractivity contribution in [2.45, 2.75) is 57.5 Å². The minimum absolute atomic E-state index is 0.0717. The number of likely N-dealkylation sites (tertiary alicyclic amines) is 1. The van der Waals surface area contributed by atoms with Crippen LogP contribution in [0, 0.1) is 17.2 Å². The van der Waals surface area contributed by atoms with Gasteiger partial charge in [0.1, 0.15) is 5.54 Å². The molecule has 2 saturated heterocycles. The quantitative estimate of drug-likeness (QED) is 0.743. The Morgan fingerprint density at radius 3 is 2.22 bits per heavy atom. The summed E-state index contributed by atoms with van der Waals surface area (Å²) in [4.78, 5) is 31.3. The SMILES string of the molecule is CC1CCCCN1C(=O)CN1CCN(CC(=O)NC(C)(C#N)C2CC2)CC1. The Labute approximate surface area is 162 Å². The minimum Gasteiger partial charge on any atom is -0.339 e. The average molecular weight is 376 g/mol. The first-order chi connectivity index (χ1) is 12.9. The molecule has 3 aliphatic rings. The number of nitriles is 1. The third-order valence-corrected chi connectivity index (χ3v) is 6.34. The molecule has 2 aliphatic heterocycles. The molecule has 7 nitrogen and oxygen atoms in total. The van der Waals surface area contributed by atoms with Crippen molar-refractivity contribution in [3.8, 4) is 6.07 Å². The standard InChI is InChI=1S/C20H33N5O2/c1-16-5-3-4-8-25(16)19(27)14-24-11-9-23(10-12-24)13-18(26)22-20(2,15-21)17-6-7-17/h16-17H,3-14H2,1-2H3,(H,22,26). The molecule has 2 heterocycles. The molecule has 0 bridgehead atoms. The molecule has 0 radical (unpaired) electrons. The van der Waals surface area contributed by atoms with Crippen molar-refractivity contribution in [3.05, 3.63) is 0 Å². The van der Waals surface area contributed by atoms with Crippen LogP contribution in [0.3, 0.4) is 0 Å². The summed E-state index contributed by atoms with van der Waals surface area (Å²) in [6.45, 7) is 8.84. The molecule has 1 N–H and O–H groups in total. The van der Waals surface area contributed by atoms with E-state index in [0.29, 0.717) is 25.0 Å². The smallest absolute Gasteiger partial charge is 0.236 e. The Bertz CT molecular complexity index is 592. The number of nitrogens with one attached hydrogen (secondary N) is 1. The number of amides is 2. The van der Waals surface area contributed by atoms with E-state index in [0.717, 1.165) is 58.4 Å². The van der Waals surface area contributed by atoms with E-state index >= 15 is 0 Å². The van der Waals surface area contributed by atoms with E-state index in [-0.39, 0.29) is 11.8 Å². The number of hydrogen-bond acceptors (Lipinski definition) is 5. The fraction of sp³-hybridized carbons (Fsp3) is 0.850. The second kappa shape index (κ2) is 8.57. The number of rotatable bonds is 6. The largest absolute Gasteiger partial charge is 0.339 e. The molecule has 0 spiro atoms. The lowest BCUT2D eigenvalue weighted by molar-refractivity contribution is -0.136. The molecule has 1 saturated carbocycles. The first-order valence-electron chi connectivity index (χ1n) is 10.4. The summed E-state index contributed by atoms with van der Waals surface area (Å²) in [5, 5.41) is 12.3. The molecule has 7 heteroatoms. The van der Waals surface area contributed by atoms with Crippen LogP contribution in [-0.2, 0) is 9.59 Å². The third-order valence-electron chi connectivity index (χ3n) is 6.34. The van der Waals surface area contributed by atoms with Gasteiger partial charge < -0.3 is 10.2 Å². The number of carbonyl (C=O) groups excluding carboxylic acids is 2. The van der Waals surface area contributed by atoms with Crippen LogP contribution in [0.4, 0.5) is 0 Å². The van der Waals surface area contributed by atoms with Crippen molar-refractivity contribution >= 4 is 11.8 Å². The molecule has 2 unspecified atom stereocenters. The van der Waals surface area contributed by atoms with E-state index in [4.69, 9.17) is 0 Å². The van der Waals surface area contributed by atoms with Gasteiger partial charge in [-0.2, -0.15) is 5.26 Å². The third kappa shape index (κ3) is 5.20. The summed E-state index contributed by atoms with van der Waals surface area (Å²) in [6, 6.07) is 2.63. The molecule has 2 atom stereocenters. The number of carbonyl (C=O) groups is 2. The first kappa shape index (κ1) is 20.1. The van der Waals surface area contributed by atoms with Crippen LogP contribution in [0.25, 0.3) is 0 Å². The molecule has 27 heavy (non-hydrogen) atoms.